The number of piperidine rings is 4. The summed E-state index contributed by atoms with van der Waals surface area (Å²) in [5, 5.41) is 91.5. The summed E-state index contributed by atoms with van der Waals surface area (Å²) < 4.78 is 87.3. The topological polar surface area (TPSA) is 369 Å². The molecule has 31 nitrogen and oxygen atoms in total. The number of rotatable bonds is 14. The maximum atomic E-state index is 11.7. The normalized spacial score (nSPS) is 31.3. The number of nitrogens with one attached hydrogen (secondary N) is 4. The van der Waals surface area contributed by atoms with Gasteiger partial charge in [-0.1, -0.05) is 91.5 Å². The number of fused-ring (bicyclic) bond motifs is 9. The molecule has 8 N–H and O–H groups in total. The summed E-state index contributed by atoms with van der Waals surface area (Å²) >= 11 is 31.3. The van der Waals surface area contributed by atoms with Crippen LogP contribution in [-0.4, -0.2) is 197 Å². The number of sulfone groups is 1. The maximum absolute atomic E-state index is 11.7. The molecule has 0 bridgehead atoms. The van der Waals surface area contributed by atoms with E-state index in [2.05, 4.69) is 109 Å². The molecule has 7 fully saturated rings. The second-order valence-corrected chi connectivity index (χ2v) is 45.5. The molecule has 2 aromatic carbocycles. The van der Waals surface area contributed by atoms with Crippen molar-refractivity contribution in [3.63, 3.8) is 0 Å². The van der Waals surface area contributed by atoms with E-state index < -0.39 is 56.7 Å². The fourth-order valence-corrected chi connectivity index (χ4v) is 28.6. The van der Waals surface area contributed by atoms with Gasteiger partial charge in [-0.25, -0.2) is 17.8 Å². The summed E-state index contributed by atoms with van der Waals surface area (Å²) in [7, 11) is -2.91. The molecule has 8 aromatic heterocycles. The third-order valence-corrected chi connectivity index (χ3v) is 34.3. The van der Waals surface area contributed by atoms with E-state index in [9.17, 15) is 28.8 Å². The smallest absolute Gasteiger partial charge is 0.166 e. The van der Waals surface area contributed by atoms with Crippen LogP contribution >= 0.6 is 91.8 Å². The van der Waals surface area contributed by atoms with Gasteiger partial charge in [0.25, 0.3) is 0 Å². The summed E-state index contributed by atoms with van der Waals surface area (Å²) in [6.07, 6.45) is 16.5. The van der Waals surface area contributed by atoms with Gasteiger partial charge in [0.2, 0.25) is 0 Å². The zero-order valence-electron chi connectivity index (χ0n) is 71.5. The first-order valence-corrected chi connectivity index (χ1v) is 50.9. The summed E-state index contributed by atoms with van der Waals surface area (Å²) in [6, 6.07) is 22.4. The average molecular weight is 1930 g/mol. The Morgan fingerprint density at radius 1 is 0.453 bits per heavy atom. The van der Waals surface area contributed by atoms with Crippen LogP contribution in [0.3, 0.4) is 0 Å². The number of aliphatic hydroxyl groups is 4. The highest BCUT2D eigenvalue weighted by atomic mass is 35.5. The lowest BCUT2D eigenvalue weighted by Gasteiger charge is -2.46. The molecule has 12 aliphatic heterocycles. The lowest BCUT2D eigenvalue weighted by atomic mass is 9.79. The molecule has 40 heteroatoms. The van der Waals surface area contributed by atoms with E-state index >= 15 is 0 Å². The van der Waals surface area contributed by atoms with Crippen molar-refractivity contribution < 1.29 is 71.5 Å². The van der Waals surface area contributed by atoms with Crippen molar-refractivity contribution in [1.29, 1.82) is 0 Å². The molecule has 0 amide bonds. The first-order valence-electron chi connectivity index (χ1n) is 44.3. The molecule has 1 unspecified atom stereocenters. The van der Waals surface area contributed by atoms with Gasteiger partial charge in [-0.3, -0.25) is 9.36 Å². The van der Waals surface area contributed by atoms with Gasteiger partial charge in [0.05, 0.1) is 153 Å². The molecule has 688 valence electrons. The maximum Gasteiger partial charge on any atom is 0.166 e. The first kappa shape index (κ1) is 90.9. The highest BCUT2D eigenvalue weighted by molar-refractivity contribution is 7.91. The van der Waals surface area contributed by atoms with E-state index in [4.69, 9.17) is 89.0 Å². The SMILES string of the molecule is C[C@H]1C[C@@]2(C[C@@H](c3cn(CC4CCOCC4)nn3)N1)OC[C@@H](O)c1cc(Cl)sc12.C[C@H]1C[C@@]2(C[C@@H](c3cn(CC4CCS(=O)(=O)C4)nn3)N1)OC[C@@H](O)c1cc(Cl)sc12.C[C@H]1C[C@@]2(C[C@@H](c3cn(Cc4ccc(OC5CCOCC5)cc4)nn3)N1)OC[C@@H](O)c1cc(Cl)sc12.C[C@H]1C[C@@]2(C[C@@H](c3cn(Cc4cccc5c4OCCO5)nn3)N1)OC[C@@H](O)c1cc(Cl)sc12. The summed E-state index contributed by atoms with van der Waals surface area (Å²) in [4.78, 5) is 4.15. The number of para-hydroxylation sites is 1. The van der Waals surface area contributed by atoms with Crippen LogP contribution in [0, 0.1) is 11.8 Å². The van der Waals surface area contributed by atoms with E-state index in [1.54, 1.807) is 4.68 Å². The number of hydrogen-bond acceptors (Lipinski definition) is 31. The molecule has 20 heterocycles. The molecule has 128 heavy (non-hydrogen) atoms. The molecular formula is C88H108Cl4N16O15S5. The Balaban J connectivity index is 0.000000111. The second-order valence-electron chi connectivity index (χ2n) is 36.5. The number of aromatic nitrogens is 12. The van der Waals surface area contributed by atoms with E-state index in [0.29, 0.717) is 88.4 Å². The molecular weight excluding hydrogens is 1820 g/mol. The minimum Gasteiger partial charge on any atom is -0.490 e. The lowest BCUT2D eigenvalue weighted by Crippen LogP contribution is -2.50. The van der Waals surface area contributed by atoms with Crippen LogP contribution in [0.1, 0.15) is 235 Å². The van der Waals surface area contributed by atoms with Crippen molar-refractivity contribution >= 4 is 102 Å². The van der Waals surface area contributed by atoms with Crippen LogP contribution in [0.25, 0.3) is 0 Å². The zero-order valence-corrected chi connectivity index (χ0v) is 78.6. The molecule has 4 spiro atoms. The predicted octanol–water partition coefficient (Wildman–Crippen LogP) is 13.3. The molecule has 17 atom stereocenters. The Hall–Kier alpha value is -6.25. The van der Waals surface area contributed by atoms with Gasteiger partial charge in [-0.05, 0) is 133 Å². The van der Waals surface area contributed by atoms with Crippen LogP contribution in [0.15, 0.2) is 91.5 Å². The summed E-state index contributed by atoms with van der Waals surface area (Å²) in [5.74, 6) is 3.61. The average Bonchev–Trinajstić information content (AvgIpc) is 1.54. The Kier molecular flexibility index (Phi) is 27.2. The van der Waals surface area contributed by atoms with Gasteiger partial charge in [0, 0.05) is 136 Å². The monoisotopic (exact) mass is 1930 g/mol. The van der Waals surface area contributed by atoms with Gasteiger partial charge in [0.1, 0.15) is 71.9 Å². The molecule has 0 radical (unpaired) electrons. The van der Waals surface area contributed by atoms with Crippen LogP contribution in [0.2, 0.25) is 17.3 Å². The van der Waals surface area contributed by atoms with E-state index in [1.165, 1.54) is 45.3 Å². The van der Waals surface area contributed by atoms with Gasteiger partial charge in [0.15, 0.2) is 21.3 Å². The number of thiophene rings is 4. The minimum absolute atomic E-state index is 0.0123. The summed E-state index contributed by atoms with van der Waals surface area (Å²) in [6.45, 7) is 16.6. The van der Waals surface area contributed by atoms with Crippen molar-refractivity contribution in [2.75, 3.05) is 77.6 Å². The standard InChI is InChI=1S/C26H31ClN4O4S.C23H25ClN4O4S.C20H27ClN4O3S.C19H25ClN4O4S2/c1-16-11-26(25-20(10-24(27)36-25)23(32)15-34-26)12-21(28-16)22-14-31(30-29-22)13-17-2-4-18(5-3-17)35-19-6-8-33-9-7-19;1-13-8-23(22-15(7-20(24)33-22)18(29)12-32-23)9-16(25-13)17-11-28(27-26-17)10-14-3-2-4-19-21(14)31-6-5-30-19;1-12-7-20(19-14(6-18(21)29-19)17(26)11-28-20)8-15(22-12)16-10-25(24-23-16)9-13-2-4-27-5-3-13;1-11-5-19(18-13(4-17(20)29-18)16(25)9-28-19)6-14(21-11)15-8-24(23-22-15)7-12-2-3-30(26,27)10-12/h2-5,10,14,16,19,21,23,28,32H,6-9,11-13,15H2,1H3;2-4,7,11,13,16,18,25,29H,5-6,8-10,12H2,1H3;6,10,12-13,15,17,22,26H,2-5,7-9,11H2,1H3;4,8,11-12,14,16,21,25H,2-3,5-7,9-10H2,1H3/t16-,21-,23+,26-;13-,16-,18+,23-;12-,15-,17+,20-;11-,12?,14-,16+,19-/m0000/s1. The van der Waals surface area contributed by atoms with Crippen LogP contribution in [-0.2, 0) is 86.8 Å². The molecule has 22 rings (SSSR count). The lowest BCUT2D eigenvalue weighted by molar-refractivity contribution is -0.129. The van der Waals surface area contributed by atoms with Gasteiger partial charge in [-0.15, -0.1) is 65.7 Å². The van der Waals surface area contributed by atoms with Crippen LogP contribution in [0.4, 0.5) is 0 Å². The minimum atomic E-state index is -2.91. The predicted molar refractivity (Wildman–Crippen MR) is 483 cm³/mol. The van der Waals surface area contributed by atoms with Crippen molar-refractivity contribution in [1.82, 2.24) is 81.2 Å². The molecule has 12 aliphatic rings. The zero-order chi connectivity index (χ0) is 88.4. The number of nitrogens with zero attached hydrogens (tertiary/aromatic N) is 12. The third kappa shape index (κ3) is 19.8. The Labute approximate surface area is 778 Å². The van der Waals surface area contributed by atoms with Crippen molar-refractivity contribution in [2.45, 2.75) is 239 Å². The van der Waals surface area contributed by atoms with Crippen LogP contribution in [0.5, 0.6) is 17.2 Å². The highest BCUT2D eigenvalue weighted by Crippen LogP contribution is 2.57. The molecule has 0 saturated carbocycles. The Bertz CT molecular complexity index is 5650. The molecule has 7 saturated heterocycles. The number of benzene rings is 2. The van der Waals surface area contributed by atoms with Crippen LogP contribution < -0.4 is 35.5 Å². The molecule has 10 aromatic rings. The number of ether oxygens (including phenoxy) is 9. The third-order valence-electron chi connectivity index (χ3n) is 26.6. The number of hydrogen-bond donors (Lipinski definition) is 8. The quantitative estimate of drug-likeness (QED) is 0.0501. The molecule has 0 aliphatic carbocycles. The van der Waals surface area contributed by atoms with Gasteiger partial charge < -0.3 is 84.3 Å². The Morgan fingerprint density at radius 2 is 0.828 bits per heavy atom. The van der Waals surface area contributed by atoms with E-state index in [-0.39, 0.29) is 91.7 Å². The summed E-state index contributed by atoms with van der Waals surface area (Å²) in [5.41, 5.74) is 7.32. The number of halogens is 4. The van der Waals surface area contributed by atoms with Gasteiger partial charge in [-0.2, -0.15) is 0 Å². The fourth-order valence-electron chi connectivity index (χ4n) is 20.9. The number of aliphatic hydroxyl groups excluding tert-OH is 4. The second kappa shape index (κ2) is 38.3. The fraction of sp³-hybridized carbons (Fsp3) is 0.591. The largest absolute Gasteiger partial charge is 0.490 e. The van der Waals surface area contributed by atoms with E-state index in [1.807, 2.05) is 87.2 Å². The first-order chi connectivity index (χ1) is 61.7. The van der Waals surface area contributed by atoms with E-state index in [0.717, 1.165) is 184 Å². The van der Waals surface area contributed by atoms with Crippen molar-refractivity contribution in [3.8, 4) is 17.2 Å². The highest BCUT2D eigenvalue weighted by Gasteiger charge is 2.54. The Morgan fingerprint density at radius 3 is 1.23 bits per heavy atom. The van der Waals surface area contributed by atoms with Gasteiger partial charge >= 0.3 is 0 Å². The van der Waals surface area contributed by atoms with Crippen molar-refractivity contribution in [2.24, 2.45) is 11.8 Å². The van der Waals surface area contributed by atoms with Crippen molar-refractivity contribution in [3.05, 3.63) is 185 Å².